The van der Waals surface area contributed by atoms with Gasteiger partial charge in [-0.15, -0.1) is 11.3 Å². The average Bonchev–Trinajstić information content (AvgIpc) is 3.40. The molecule has 1 saturated heterocycles. The largest absolute Gasteiger partial charge is 0.445 e. The summed E-state index contributed by atoms with van der Waals surface area (Å²) in [5.41, 5.74) is 1.66. The maximum Gasteiger partial charge on any atom is 0.407 e. The fourth-order valence-electron chi connectivity index (χ4n) is 4.60. The Morgan fingerprint density at radius 2 is 1.85 bits per heavy atom. The Balaban J connectivity index is 1.32. The number of para-hydroxylation sites is 1. The van der Waals surface area contributed by atoms with E-state index in [-0.39, 0.29) is 30.1 Å². The van der Waals surface area contributed by atoms with Crippen LogP contribution >= 0.6 is 11.3 Å². The molecular formula is C29H34N4O5S. The summed E-state index contributed by atoms with van der Waals surface area (Å²) in [6.07, 6.45) is 2.55. The van der Waals surface area contributed by atoms with E-state index in [1.54, 1.807) is 4.90 Å². The van der Waals surface area contributed by atoms with Gasteiger partial charge in [0.25, 0.3) is 0 Å². The predicted molar refractivity (Wildman–Crippen MR) is 149 cm³/mol. The number of likely N-dealkylation sites (tertiary alicyclic amines) is 1. The van der Waals surface area contributed by atoms with Crippen molar-refractivity contribution in [1.82, 2.24) is 20.5 Å². The van der Waals surface area contributed by atoms with Crippen molar-refractivity contribution in [3.8, 4) is 0 Å². The van der Waals surface area contributed by atoms with Gasteiger partial charge in [0.1, 0.15) is 6.61 Å². The molecule has 2 aromatic carbocycles. The number of unbranched alkanes of at least 4 members (excludes halogenated alkanes) is 1. The lowest BCUT2D eigenvalue weighted by Gasteiger charge is -2.32. The summed E-state index contributed by atoms with van der Waals surface area (Å²) in [5, 5.41) is 6.05. The number of thiazole rings is 1. The average molecular weight is 551 g/mol. The molecule has 10 heteroatoms. The highest BCUT2D eigenvalue weighted by atomic mass is 32.1. The number of ether oxygens (including phenoxy) is 1. The number of hydrogen-bond donors (Lipinski definition) is 2. The Bertz CT molecular complexity index is 1260. The molecule has 4 rings (SSSR count). The van der Waals surface area contributed by atoms with Crippen LogP contribution in [-0.4, -0.2) is 59.3 Å². The van der Waals surface area contributed by atoms with Gasteiger partial charge in [0, 0.05) is 26.6 Å². The minimum absolute atomic E-state index is 0.0515. The summed E-state index contributed by atoms with van der Waals surface area (Å²) >= 11 is 1.31. The first kappa shape index (κ1) is 28.2. The number of rotatable bonds is 11. The number of nitrogens with zero attached hydrogens (tertiary/aromatic N) is 2. The maximum absolute atomic E-state index is 13.5. The molecule has 2 N–H and O–H groups in total. The van der Waals surface area contributed by atoms with Gasteiger partial charge in [0.05, 0.1) is 22.2 Å². The first-order chi connectivity index (χ1) is 18.9. The second-order valence-corrected chi connectivity index (χ2v) is 10.7. The smallest absolute Gasteiger partial charge is 0.407 e. The summed E-state index contributed by atoms with van der Waals surface area (Å²) < 4.78 is 6.14. The van der Waals surface area contributed by atoms with Crippen LogP contribution < -0.4 is 10.6 Å². The molecule has 3 aromatic rings. The van der Waals surface area contributed by atoms with E-state index in [1.165, 1.54) is 18.3 Å². The van der Waals surface area contributed by atoms with Crippen LogP contribution in [0.1, 0.15) is 54.4 Å². The van der Waals surface area contributed by atoms with Crippen LogP contribution in [0.15, 0.2) is 54.6 Å². The number of fused-ring (bicyclic) bond motifs is 1. The van der Waals surface area contributed by atoms with Crippen LogP contribution in [-0.2, 0) is 20.9 Å². The van der Waals surface area contributed by atoms with Crippen molar-refractivity contribution in [3.05, 3.63) is 65.2 Å². The van der Waals surface area contributed by atoms with Crippen LogP contribution in [0.4, 0.5) is 4.79 Å². The Kier molecular flexibility index (Phi) is 10.0. The van der Waals surface area contributed by atoms with Gasteiger partial charge in [-0.25, -0.2) is 9.78 Å². The molecule has 1 aliphatic heterocycles. The number of ketones is 1. The predicted octanol–water partition coefficient (Wildman–Crippen LogP) is 4.32. The third-order valence-electron chi connectivity index (χ3n) is 6.78. The molecular weight excluding hydrogens is 516 g/mol. The second-order valence-electron chi connectivity index (χ2n) is 9.70. The SMILES string of the molecule is CC(=O)N1CCCC(C(=O)N[C@@H](CCCCNC(=O)OCc2ccccc2)C(=O)c2nc3ccccc3s2)C1. The molecule has 1 aliphatic rings. The third kappa shape index (κ3) is 8.10. The van der Waals surface area contributed by atoms with E-state index in [2.05, 4.69) is 15.6 Å². The number of aromatic nitrogens is 1. The monoisotopic (exact) mass is 550 g/mol. The fraction of sp³-hybridized carbons (Fsp3) is 0.414. The summed E-state index contributed by atoms with van der Waals surface area (Å²) in [6.45, 7) is 3.09. The lowest BCUT2D eigenvalue weighted by molar-refractivity contribution is -0.134. The van der Waals surface area contributed by atoms with Crippen LogP contribution in [0, 0.1) is 5.92 Å². The van der Waals surface area contributed by atoms with E-state index < -0.39 is 12.1 Å². The molecule has 0 aliphatic carbocycles. The molecule has 3 amide bonds. The van der Waals surface area contributed by atoms with Crippen molar-refractivity contribution in [2.75, 3.05) is 19.6 Å². The van der Waals surface area contributed by atoms with Crippen LogP contribution in [0.25, 0.3) is 10.2 Å². The second kappa shape index (κ2) is 13.8. The van der Waals surface area contributed by atoms with Crippen molar-refractivity contribution in [2.24, 2.45) is 5.92 Å². The lowest BCUT2D eigenvalue weighted by Crippen LogP contribution is -2.49. The number of carbonyl (C=O) groups excluding carboxylic acids is 4. The van der Waals surface area contributed by atoms with Gasteiger partial charge in [-0.1, -0.05) is 42.5 Å². The molecule has 0 radical (unpaired) electrons. The zero-order valence-corrected chi connectivity index (χ0v) is 22.9. The number of amides is 3. The number of piperidine rings is 1. The van der Waals surface area contributed by atoms with Gasteiger partial charge in [-0.05, 0) is 49.8 Å². The van der Waals surface area contributed by atoms with Crippen molar-refractivity contribution in [2.45, 2.75) is 51.7 Å². The number of nitrogens with one attached hydrogen (secondary N) is 2. The topological polar surface area (TPSA) is 118 Å². The molecule has 0 saturated carbocycles. The number of Topliss-reactive ketones (excluding diaryl/α,β-unsaturated/α-hetero) is 1. The molecule has 1 unspecified atom stereocenters. The number of alkyl carbamates (subject to hydrolysis) is 1. The van der Waals surface area contributed by atoms with E-state index in [0.29, 0.717) is 50.3 Å². The molecule has 0 spiro atoms. The molecule has 1 fully saturated rings. The van der Waals surface area contributed by atoms with E-state index in [1.807, 2.05) is 54.6 Å². The van der Waals surface area contributed by atoms with Crippen molar-refractivity contribution in [1.29, 1.82) is 0 Å². The van der Waals surface area contributed by atoms with Gasteiger partial charge in [0.2, 0.25) is 17.6 Å². The highest BCUT2D eigenvalue weighted by molar-refractivity contribution is 7.20. The number of benzene rings is 2. The van der Waals surface area contributed by atoms with E-state index in [4.69, 9.17) is 4.74 Å². The molecule has 2 atom stereocenters. The summed E-state index contributed by atoms with van der Waals surface area (Å²) in [6, 6.07) is 16.2. The minimum Gasteiger partial charge on any atom is -0.445 e. The number of hydrogen-bond acceptors (Lipinski definition) is 7. The fourth-order valence-corrected chi connectivity index (χ4v) is 5.56. The van der Waals surface area contributed by atoms with E-state index in [0.717, 1.165) is 22.2 Å². The standard InChI is InChI=1S/C29H34N4O5S/c1-20(34)33-17-9-12-22(18-33)27(36)31-24(26(35)28-32-23-13-5-6-15-25(23)39-28)14-7-8-16-30-29(37)38-19-21-10-3-2-4-11-21/h2-6,10-11,13,15,22,24H,7-9,12,14,16-19H2,1H3,(H,30,37)(H,31,36)/t22?,24-/m0/s1. The normalized spacial score (nSPS) is 15.9. The lowest BCUT2D eigenvalue weighted by atomic mass is 9.96. The Hall–Kier alpha value is -3.79. The minimum atomic E-state index is -0.740. The van der Waals surface area contributed by atoms with Crippen LogP contribution in [0.3, 0.4) is 0 Å². The zero-order valence-electron chi connectivity index (χ0n) is 22.1. The summed E-state index contributed by atoms with van der Waals surface area (Å²) in [4.78, 5) is 56.6. The van der Waals surface area contributed by atoms with Gasteiger partial charge in [-0.2, -0.15) is 0 Å². The first-order valence-electron chi connectivity index (χ1n) is 13.3. The van der Waals surface area contributed by atoms with Gasteiger partial charge < -0.3 is 20.3 Å². The molecule has 206 valence electrons. The molecule has 39 heavy (non-hydrogen) atoms. The molecule has 1 aromatic heterocycles. The van der Waals surface area contributed by atoms with Crippen molar-refractivity contribution in [3.63, 3.8) is 0 Å². The van der Waals surface area contributed by atoms with Gasteiger partial charge in [0.15, 0.2) is 5.01 Å². The summed E-state index contributed by atoms with van der Waals surface area (Å²) in [5.74, 6) is -0.846. The quantitative estimate of drug-likeness (QED) is 0.271. The van der Waals surface area contributed by atoms with E-state index >= 15 is 0 Å². The molecule has 0 bridgehead atoms. The van der Waals surface area contributed by atoms with Gasteiger partial charge >= 0.3 is 6.09 Å². The third-order valence-corrected chi connectivity index (χ3v) is 7.83. The zero-order chi connectivity index (χ0) is 27.6. The Morgan fingerprint density at radius 1 is 1.08 bits per heavy atom. The van der Waals surface area contributed by atoms with E-state index in [9.17, 15) is 19.2 Å². The first-order valence-corrected chi connectivity index (χ1v) is 14.1. The summed E-state index contributed by atoms with van der Waals surface area (Å²) in [7, 11) is 0. The molecule has 9 nitrogen and oxygen atoms in total. The van der Waals surface area contributed by atoms with Gasteiger partial charge in [-0.3, -0.25) is 14.4 Å². The van der Waals surface area contributed by atoms with Crippen molar-refractivity contribution < 1.29 is 23.9 Å². The van der Waals surface area contributed by atoms with Crippen LogP contribution in [0.5, 0.6) is 0 Å². The Labute approximate surface area is 231 Å². The number of carbonyl (C=O) groups is 4. The molecule has 2 heterocycles. The maximum atomic E-state index is 13.5. The highest BCUT2D eigenvalue weighted by Crippen LogP contribution is 2.24. The van der Waals surface area contributed by atoms with Crippen LogP contribution in [0.2, 0.25) is 0 Å². The highest BCUT2D eigenvalue weighted by Gasteiger charge is 2.31. The van der Waals surface area contributed by atoms with Crippen molar-refractivity contribution >= 4 is 45.2 Å². The Morgan fingerprint density at radius 3 is 2.62 bits per heavy atom.